The van der Waals surface area contributed by atoms with Gasteiger partial charge >= 0.3 is 5.97 Å². The minimum Gasteiger partial charge on any atom is -0.465 e. The van der Waals surface area contributed by atoms with E-state index in [9.17, 15) is 4.79 Å². The van der Waals surface area contributed by atoms with Crippen molar-refractivity contribution < 1.29 is 13.9 Å². The van der Waals surface area contributed by atoms with Crippen molar-refractivity contribution in [1.29, 1.82) is 0 Å². The van der Waals surface area contributed by atoms with Crippen LogP contribution >= 0.6 is 0 Å². The molecule has 1 aromatic rings. The Kier molecular flexibility index (Phi) is 1.54. The Hall–Kier alpha value is -1.51. The average Bonchev–Trinajstić information content (AvgIpc) is 2.61. The van der Waals surface area contributed by atoms with Gasteiger partial charge in [-0.05, 0) is 24.5 Å². The number of hydrogen-bond donors (Lipinski definition) is 0. The van der Waals surface area contributed by atoms with Gasteiger partial charge in [0, 0.05) is 18.4 Å². The number of allylic oxidation sites excluding steroid dienone is 1. The molecule has 0 N–H and O–H groups in total. The van der Waals surface area contributed by atoms with Crippen molar-refractivity contribution in [2.75, 3.05) is 0 Å². The highest BCUT2D eigenvalue weighted by atomic mass is 16.5. The van der Waals surface area contributed by atoms with Gasteiger partial charge < -0.3 is 9.15 Å². The molecule has 1 saturated heterocycles. The zero-order valence-electron chi connectivity index (χ0n) is 7.66. The van der Waals surface area contributed by atoms with Crippen LogP contribution in [0.2, 0.25) is 0 Å². The van der Waals surface area contributed by atoms with Crippen molar-refractivity contribution in [3.8, 4) is 0 Å². The van der Waals surface area contributed by atoms with Gasteiger partial charge in [0.05, 0.1) is 6.26 Å². The van der Waals surface area contributed by atoms with Crippen molar-refractivity contribution in [3.63, 3.8) is 0 Å². The monoisotopic (exact) mass is 190 g/mol. The van der Waals surface area contributed by atoms with E-state index in [4.69, 9.17) is 9.15 Å². The minimum absolute atomic E-state index is 0.123. The summed E-state index contributed by atoms with van der Waals surface area (Å²) in [5, 5.41) is 0. The van der Waals surface area contributed by atoms with Gasteiger partial charge in [0.15, 0.2) is 0 Å². The van der Waals surface area contributed by atoms with Crippen LogP contribution in [-0.4, -0.2) is 5.97 Å². The molecule has 0 radical (unpaired) electrons. The first-order valence-corrected chi connectivity index (χ1v) is 4.81. The lowest BCUT2D eigenvalue weighted by atomic mass is 9.87. The van der Waals surface area contributed by atoms with Crippen LogP contribution in [0.4, 0.5) is 0 Å². The van der Waals surface area contributed by atoms with E-state index in [0.717, 1.165) is 24.4 Å². The van der Waals surface area contributed by atoms with Crippen molar-refractivity contribution in [1.82, 2.24) is 0 Å². The zero-order valence-corrected chi connectivity index (χ0v) is 7.66. The van der Waals surface area contributed by atoms with Crippen molar-refractivity contribution >= 4 is 12.0 Å². The van der Waals surface area contributed by atoms with Gasteiger partial charge in [0.1, 0.15) is 11.5 Å². The Morgan fingerprint density at radius 2 is 2.36 bits per heavy atom. The summed E-state index contributed by atoms with van der Waals surface area (Å²) in [7, 11) is 0. The summed E-state index contributed by atoms with van der Waals surface area (Å²) in [5.74, 6) is 1.87. The van der Waals surface area contributed by atoms with Gasteiger partial charge in [0.2, 0.25) is 0 Å². The second-order valence-corrected chi connectivity index (χ2v) is 3.77. The van der Waals surface area contributed by atoms with Gasteiger partial charge in [0.25, 0.3) is 0 Å². The topological polar surface area (TPSA) is 39.4 Å². The molecule has 1 aliphatic carbocycles. The van der Waals surface area contributed by atoms with E-state index in [1.165, 1.54) is 5.56 Å². The Morgan fingerprint density at radius 3 is 3.29 bits per heavy atom. The van der Waals surface area contributed by atoms with E-state index in [2.05, 4.69) is 0 Å². The number of carbonyl (C=O) groups is 1. The second-order valence-electron chi connectivity index (χ2n) is 3.77. The highest BCUT2D eigenvalue weighted by Crippen LogP contribution is 2.35. The predicted molar refractivity (Wildman–Crippen MR) is 49.2 cm³/mol. The van der Waals surface area contributed by atoms with Gasteiger partial charge in [-0.2, -0.15) is 0 Å². The number of rotatable bonds is 0. The summed E-state index contributed by atoms with van der Waals surface area (Å²) in [4.78, 5) is 11.1. The summed E-state index contributed by atoms with van der Waals surface area (Å²) >= 11 is 0. The lowest BCUT2D eigenvalue weighted by Crippen LogP contribution is -2.23. The highest BCUT2D eigenvalue weighted by molar-refractivity contribution is 5.73. The van der Waals surface area contributed by atoms with Crippen molar-refractivity contribution in [2.45, 2.75) is 19.3 Å². The van der Waals surface area contributed by atoms with Crippen LogP contribution in [0.5, 0.6) is 0 Å². The first-order chi connectivity index (χ1) is 6.83. The molecule has 1 aliphatic heterocycles. The Balaban J connectivity index is 2.01. The molecule has 1 aromatic heterocycles. The molecule has 3 rings (SSSR count). The fraction of sp³-hybridized carbons (Fsp3) is 0.364. The molecule has 2 aliphatic rings. The molecule has 1 atom stereocenters. The average molecular weight is 190 g/mol. The molecule has 1 fully saturated rings. The van der Waals surface area contributed by atoms with E-state index in [-0.39, 0.29) is 5.97 Å². The summed E-state index contributed by atoms with van der Waals surface area (Å²) in [6.45, 7) is 0. The maximum Gasteiger partial charge on any atom is 0.310 e. The highest BCUT2D eigenvalue weighted by Gasteiger charge is 2.30. The lowest BCUT2D eigenvalue weighted by Gasteiger charge is -2.26. The van der Waals surface area contributed by atoms with E-state index in [0.29, 0.717) is 12.3 Å². The van der Waals surface area contributed by atoms with Crippen LogP contribution in [0.1, 0.15) is 24.2 Å². The summed E-state index contributed by atoms with van der Waals surface area (Å²) in [6.07, 6.45) is 5.90. The first kappa shape index (κ1) is 7.85. The predicted octanol–water partition coefficient (Wildman–Crippen LogP) is 2.13. The normalized spacial score (nSPS) is 24.7. The quantitative estimate of drug-likeness (QED) is 0.588. The third kappa shape index (κ3) is 1.09. The SMILES string of the molecule is O=C1CCC2Cc3ccoc3C=C2O1. The van der Waals surface area contributed by atoms with Gasteiger partial charge in [-0.1, -0.05) is 0 Å². The molecular weight excluding hydrogens is 180 g/mol. The summed E-state index contributed by atoms with van der Waals surface area (Å²) in [5.41, 5.74) is 1.22. The molecule has 72 valence electrons. The molecule has 3 heteroatoms. The third-order valence-electron chi connectivity index (χ3n) is 2.85. The van der Waals surface area contributed by atoms with Crippen LogP contribution in [0, 0.1) is 5.92 Å². The molecule has 2 heterocycles. The number of fused-ring (bicyclic) bond motifs is 2. The van der Waals surface area contributed by atoms with Crippen molar-refractivity contribution in [3.05, 3.63) is 29.4 Å². The number of furan rings is 1. The Labute approximate surface area is 81.4 Å². The first-order valence-electron chi connectivity index (χ1n) is 4.81. The van der Waals surface area contributed by atoms with Crippen LogP contribution in [0.3, 0.4) is 0 Å². The van der Waals surface area contributed by atoms with Crippen molar-refractivity contribution in [2.24, 2.45) is 5.92 Å². The van der Waals surface area contributed by atoms with E-state index >= 15 is 0 Å². The minimum atomic E-state index is -0.123. The molecule has 0 saturated carbocycles. The molecule has 0 bridgehead atoms. The van der Waals surface area contributed by atoms with E-state index in [1.54, 1.807) is 6.26 Å². The van der Waals surface area contributed by atoms with Crippen LogP contribution < -0.4 is 0 Å². The number of carbonyl (C=O) groups excluding carboxylic acids is 1. The number of hydrogen-bond acceptors (Lipinski definition) is 3. The molecule has 1 unspecified atom stereocenters. The molecule has 14 heavy (non-hydrogen) atoms. The third-order valence-corrected chi connectivity index (χ3v) is 2.85. The number of ether oxygens (including phenoxy) is 1. The van der Waals surface area contributed by atoms with Gasteiger partial charge in [-0.25, -0.2) is 0 Å². The Morgan fingerprint density at radius 1 is 1.43 bits per heavy atom. The van der Waals surface area contributed by atoms with E-state index in [1.807, 2.05) is 12.1 Å². The van der Waals surface area contributed by atoms with Crippen LogP contribution in [0.25, 0.3) is 6.08 Å². The number of esters is 1. The fourth-order valence-corrected chi connectivity index (χ4v) is 2.09. The molecule has 3 nitrogen and oxygen atoms in total. The Bertz CT molecular complexity index is 414. The summed E-state index contributed by atoms with van der Waals surface area (Å²) < 4.78 is 10.5. The standard InChI is InChI=1S/C11H10O3/c12-11-2-1-7-5-8-3-4-13-9(8)6-10(7)14-11/h3-4,6-7H,1-2,5H2. The molecule has 0 amide bonds. The van der Waals surface area contributed by atoms with Gasteiger partial charge in [-0.3, -0.25) is 4.79 Å². The maximum atomic E-state index is 11.1. The molecule has 0 spiro atoms. The largest absolute Gasteiger partial charge is 0.465 e. The lowest BCUT2D eigenvalue weighted by molar-refractivity contribution is -0.143. The van der Waals surface area contributed by atoms with E-state index < -0.39 is 0 Å². The second kappa shape index (κ2) is 2.74. The van der Waals surface area contributed by atoms with Crippen LogP contribution in [0.15, 0.2) is 22.5 Å². The van der Waals surface area contributed by atoms with Gasteiger partial charge in [-0.15, -0.1) is 0 Å². The fourth-order valence-electron chi connectivity index (χ4n) is 2.09. The molecular formula is C11H10O3. The summed E-state index contributed by atoms with van der Waals surface area (Å²) in [6, 6.07) is 1.99. The smallest absolute Gasteiger partial charge is 0.310 e. The zero-order chi connectivity index (χ0) is 9.54. The van der Waals surface area contributed by atoms with Crippen LogP contribution in [-0.2, 0) is 16.0 Å². The maximum absolute atomic E-state index is 11.1. The molecule has 0 aromatic carbocycles.